The summed E-state index contributed by atoms with van der Waals surface area (Å²) in [7, 11) is 0. The van der Waals surface area contributed by atoms with Gasteiger partial charge in [0.2, 0.25) is 0 Å². The van der Waals surface area contributed by atoms with E-state index in [1.54, 1.807) is 0 Å². The van der Waals surface area contributed by atoms with E-state index in [1.807, 2.05) is 42.5 Å². The van der Waals surface area contributed by atoms with Crippen LogP contribution in [0.3, 0.4) is 0 Å². The number of aromatic nitrogens is 1. The van der Waals surface area contributed by atoms with Crippen LogP contribution in [0, 0.1) is 0 Å². The predicted molar refractivity (Wildman–Crippen MR) is 74.4 cm³/mol. The number of nitrogens with two attached hydrogens (primary N) is 2. The molecule has 0 aliphatic rings. The summed E-state index contributed by atoms with van der Waals surface area (Å²) in [5.74, 6) is 0. The first kappa shape index (κ1) is 11.9. The summed E-state index contributed by atoms with van der Waals surface area (Å²) in [4.78, 5) is 4.10. The molecule has 0 aliphatic carbocycles. The van der Waals surface area contributed by atoms with Gasteiger partial charge in [-0.15, -0.1) is 0 Å². The first-order valence-electron chi connectivity index (χ1n) is 6.15. The van der Waals surface area contributed by atoms with Crippen molar-refractivity contribution < 1.29 is 4.42 Å². The number of hydrogen-bond donors (Lipinski definition) is 2. The number of hydrogen-bond acceptors (Lipinski definition) is 4. The van der Waals surface area contributed by atoms with Crippen molar-refractivity contribution in [1.29, 1.82) is 0 Å². The van der Waals surface area contributed by atoms with Gasteiger partial charge in [-0.2, -0.15) is 0 Å². The monoisotopic (exact) mass is 253 g/mol. The molecule has 0 radical (unpaired) electrons. The molecule has 3 rings (SSSR count). The minimum Gasteiger partial charge on any atom is -0.443 e. The second-order valence-corrected chi connectivity index (χ2v) is 4.51. The smallest absolute Gasteiger partial charge is 0.181 e. The molecule has 1 unspecified atom stereocenters. The van der Waals surface area contributed by atoms with Crippen molar-refractivity contribution in [2.75, 3.05) is 0 Å². The fourth-order valence-corrected chi connectivity index (χ4v) is 2.17. The predicted octanol–water partition coefficient (Wildman–Crippen LogP) is 2.33. The highest BCUT2D eigenvalue weighted by Crippen LogP contribution is 2.23. The van der Waals surface area contributed by atoms with Crippen molar-refractivity contribution in [2.45, 2.75) is 12.6 Å². The minimum atomic E-state index is -0.194. The molecule has 0 fully saturated rings. The summed E-state index contributed by atoms with van der Waals surface area (Å²) >= 11 is 0. The maximum Gasteiger partial charge on any atom is 0.181 e. The molecule has 1 atom stereocenters. The third-order valence-electron chi connectivity index (χ3n) is 3.26. The van der Waals surface area contributed by atoms with Crippen LogP contribution in [-0.2, 0) is 6.54 Å². The fraction of sp³-hybridized carbons (Fsp3) is 0.133. The summed E-state index contributed by atoms with van der Waals surface area (Å²) < 4.78 is 5.30. The van der Waals surface area contributed by atoms with Crippen LogP contribution in [-0.4, -0.2) is 4.98 Å². The van der Waals surface area contributed by atoms with Gasteiger partial charge in [0, 0.05) is 6.54 Å². The lowest BCUT2D eigenvalue weighted by Gasteiger charge is -2.13. The molecule has 0 saturated carbocycles. The van der Waals surface area contributed by atoms with Gasteiger partial charge in [-0.25, -0.2) is 4.98 Å². The van der Waals surface area contributed by atoms with Crippen molar-refractivity contribution in [2.24, 2.45) is 11.5 Å². The Labute approximate surface area is 111 Å². The molecular formula is C15H15N3O. The van der Waals surface area contributed by atoms with Crippen molar-refractivity contribution in [3.63, 3.8) is 0 Å². The standard InChI is InChI=1S/C15H15N3O/c16-8-10-2-1-3-11(6-10)15(17)12-4-5-13-14(7-12)19-9-18-13/h1-7,9,15H,8,16-17H2. The van der Waals surface area contributed by atoms with Crippen LogP contribution in [0.25, 0.3) is 11.1 Å². The van der Waals surface area contributed by atoms with Crippen LogP contribution in [0.1, 0.15) is 22.7 Å². The number of nitrogens with zero attached hydrogens (tertiary/aromatic N) is 1. The molecule has 0 spiro atoms. The molecule has 96 valence electrons. The number of oxazole rings is 1. The highest BCUT2D eigenvalue weighted by molar-refractivity contribution is 5.73. The van der Waals surface area contributed by atoms with E-state index in [4.69, 9.17) is 15.9 Å². The van der Waals surface area contributed by atoms with Crippen LogP contribution >= 0.6 is 0 Å². The maximum absolute atomic E-state index is 6.30. The first-order valence-corrected chi connectivity index (χ1v) is 6.15. The molecule has 0 saturated heterocycles. The normalized spacial score (nSPS) is 12.7. The van der Waals surface area contributed by atoms with E-state index in [1.165, 1.54) is 6.39 Å². The number of fused-ring (bicyclic) bond motifs is 1. The lowest BCUT2D eigenvalue weighted by molar-refractivity contribution is 0.601. The largest absolute Gasteiger partial charge is 0.443 e. The van der Waals surface area contributed by atoms with Gasteiger partial charge in [-0.1, -0.05) is 30.3 Å². The van der Waals surface area contributed by atoms with Crippen molar-refractivity contribution in [1.82, 2.24) is 4.98 Å². The van der Waals surface area contributed by atoms with E-state index < -0.39 is 0 Å². The van der Waals surface area contributed by atoms with Crippen LogP contribution in [0.15, 0.2) is 53.3 Å². The molecule has 0 aliphatic heterocycles. The Kier molecular flexibility index (Phi) is 3.03. The summed E-state index contributed by atoms with van der Waals surface area (Å²) in [6.07, 6.45) is 1.44. The number of benzene rings is 2. The zero-order chi connectivity index (χ0) is 13.2. The Morgan fingerprint density at radius 3 is 2.79 bits per heavy atom. The molecule has 0 bridgehead atoms. The number of rotatable bonds is 3. The Morgan fingerprint density at radius 2 is 1.95 bits per heavy atom. The third-order valence-corrected chi connectivity index (χ3v) is 3.26. The Bertz CT molecular complexity index is 705. The van der Waals surface area contributed by atoms with Crippen LogP contribution < -0.4 is 11.5 Å². The zero-order valence-corrected chi connectivity index (χ0v) is 10.4. The van der Waals surface area contributed by atoms with Gasteiger partial charge in [-0.05, 0) is 28.8 Å². The molecular weight excluding hydrogens is 238 g/mol. The van der Waals surface area contributed by atoms with Gasteiger partial charge < -0.3 is 15.9 Å². The summed E-state index contributed by atoms with van der Waals surface area (Å²) in [6.45, 7) is 0.516. The van der Waals surface area contributed by atoms with E-state index in [-0.39, 0.29) is 6.04 Å². The van der Waals surface area contributed by atoms with Crippen LogP contribution in [0.2, 0.25) is 0 Å². The van der Waals surface area contributed by atoms with Crippen LogP contribution in [0.5, 0.6) is 0 Å². The zero-order valence-electron chi connectivity index (χ0n) is 10.4. The first-order chi connectivity index (χ1) is 9.28. The van der Waals surface area contributed by atoms with Crippen molar-refractivity contribution in [3.8, 4) is 0 Å². The lowest BCUT2D eigenvalue weighted by Crippen LogP contribution is -2.12. The van der Waals surface area contributed by atoms with Crippen LogP contribution in [0.4, 0.5) is 0 Å². The molecule has 2 aromatic carbocycles. The summed E-state index contributed by atoms with van der Waals surface area (Å²) in [5.41, 5.74) is 16.7. The second-order valence-electron chi connectivity index (χ2n) is 4.51. The minimum absolute atomic E-state index is 0.194. The van der Waals surface area contributed by atoms with Gasteiger partial charge in [0.25, 0.3) is 0 Å². The highest BCUT2D eigenvalue weighted by Gasteiger charge is 2.11. The van der Waals surface area contributed by atoms with E-state index in [9.17, 15) is 0 Å². The molecule has 4 N–H and O–H groups in total. The van der Waals surface area contributed by atoms with Gasteiger partial charge in [-0.3, -0.25) is 0 Å². The quantitative estimate of drug-likeness (QED) is 0.751. The third kappa shape index (κ3) is 2.23. The van der Waals surface area contributed by atoms with E-state index in [2.05, 4.69) is 4.98 Å². The van der Waals surface area contributed by atoms with Crippen molar-refractivity contribution in [3.05, 3.63) is 65.5 Å². The summed E-state index contributed by atoms with van der Waals surface area (Å²) in [5, 5.41) is 0. The van der Waals surface area contributed by atoms with Gasteiger partial charge in [0.05, 0.1) is 6.04 Å². The molecule has 0 amide bonds. The average Bonchev–Trinajstić information content (AvgIpc) is 2.94. The van der Waals surface area contributed by atoms with Crippen molar-refractivity contribution >= 4 is 11.1 Å². The highest BCUT2D eigenvalue weighted by atomic mass is 16.3. The molecule has 4 nitrogen and oxygen atoms in total. The lowest BCUT2D eigenvalue weighted by atomic mass is 9.98. The van der Waals surface area contributed by atoms with Gasteiger partial charge in [0.15, 0.2) is 12.0 Å². The molecule has 3 aromatic rings. The molecule has 19 heavy (non-hydrogen) atoms. The fourth-order valence-electron chi connectivity index (χ4n) is 2.17. The average molecular weight is 253 g/mol. The van der Waals surface area contributed by atoms with E-state index in [0.717, 1.165) is 27.8 Å². The molecule has 4 heteroatoms. The maximum atomic E-state index is 6.30. The topological polar surface area (TPSA) is 78.1 Å². The van der Waals surface area contributed by atoms with E-state index in [0.29, 0.717) is 6.54 Å². The van der Waals surface area contributed by atoms with Gasteiger partial charge >= 0.3 is 0 Å². The summed E-state index contributed by atoms with van der Waals surface area (Å²) in [6, 6.07) is 13.7. The Morgan fingerprint density at radius 1 is 1.11 bits per heavy atom. The van der Waals surface area contributed by atoms with Gasteiger partial charge in [0.1, 0.15) is 5.52 Å². The molecule has 1 heterocycles. The van der Waals surface area contributed by atoms with E-state index >= 15 is 0 Å². The second kappa shape index (κ2) is 4.84. The Balaban J connectivity index is 1.99. The Hall–Kier alpha value is -2.17. The molecule has 1 aromatic heterocycles. The SMILES string of the molecule is NCc1cccc(C(N)c2ccc3ncoc3c2)c1.